The van der Waals surface area contributed by atoms with E-state index in [2.05, 4.69) is 21.1 Å². The second-order valence-corrected chi connectivity index (χ2v) is 4.17. The number of aliphatic hydroxyl groups excluding tert-OH is 1. The van der Waals surface area contributed by atoms with E-state index < -0.39 is 0 Å². The van der Waals surface area contributed by atoms with E-state index in [1.54, 1.807) is 6.07 Å². The summed E-state index contributed by atoms with van der Waals surface area (Å²) in [6, 6.07) is 7.74. The van der Waals surface area contributed by atoms with E-state index >= 15 is 0 Å². The van der Waals surface area contributed by atoms with Crippen LogP contribution >= 0.6 is 15.9 Å². The van der Waals surface area contributed by atoms with Crippen LogP contribution in [0.4, 0.5) is 0 Å². The maximum atomic E-state index is 8.88. The van der Waals surface area contributed by atoms with Crippen LogP contribution in [-0.4, -0.2) is 10.3 Å². The number of aliphatic hydroxyl groups is 1. The van der Waals surface area contributed by atoms with Gasteiger partial charge in [-0.05, 0) is 19.1 Å². The van der Waals surface area contributed by atoms with E-state index in [9.17, 15) is 0 Å². The van der Waals surface area contributed by atoms with E-state index in [1.165, 1.54) is 0 Å². The normalized spacial score (nSPS) is 10.6. The summed E-state index contributed by atoms with van der Waals surface area (Å²) in [6.45, 7) is 1.89. The van der Waals surface area contributed by atoms with Gasteiger partial charge in [0, 0.05) is 16.1 Å². The number of benzene rings is 1. The van der Waals surface area contributed by atoms with Gasteiger partial charge in [-0.3, -0.25) is 0 Å². The van der Waals surface area contributed by atoms with Crippen LogP contribution in [0.15, 0.2) is 33.3 Å². The van der Waals surface area contributed by atoms with Crippen molar-refractivity contribution in [3.8, 4) is 11.3 Å². The quantitative estimate of drug-likeness (QED) is 0.910. The average molecular weight is 268 g/mol. The molecule has 2 aromatic rings. The molecule has 4 heteroatoms. The second kappa shape index (κ2) is 4.16. The van der Waals surface area contributed by atoms with Crippen molar-refractivity contribution in [2.75, 3.05) is 0 Å². The van der Waals surface area contributed by atoms with E-state index in [0.29, 0.717) is 5.76 Å². The van der Waals surface area contributed by atoms with Crippen LogP contribution in [0.5, 0.6) is 0 Å². The van der Waals surface area contributed by atoms with Crippen LogP contribution in [0.1, 0.15) is 11.3 Å². The van der Waals surface area contributed by atoms with Crippen molar-refractivity contribution >= 4 is 15.9 Å². The molecule has 1 aromatic carbocycles. The Labute approximate surface area is 95.8 Å². The van der Waals surface area contributed by atoms with Gasteiger partial charge in [0.1, 0.15) is 12.3 Å². The fourth-order valence-electron chi connectivity index (χ4n) is 1.35. The third kappa shape index (κ3) is 2.11. The molecule has 1 heterocycles. The fourth-order valence-corrected chi connectivity index (χ4v) is 1.80. The van der Waals surface area contributed by atoms with Gasteiger partial charge in [0.05, 0.1) is 0 Å². The molecule has 0 bridgehead atoms. The number of hydrogen-bond donors (Lipinski definition) is 1. The molecule has 0 saturated carbocycles. The molecule has 1 N–H and O–H groups in total. The maximum Gasteiger partial charge on any atom is 0.162 e. The standard InChI is InChI=1S/C11H10BrNO2/c1-7-2-3-10(12)9(4-7)11-5-8(6-14)15-13-11/h2-5,14H,6H2,1H3. The van der Waals surface area contributed by atoms with Gasteiger partial charge in [0.15, 0.2) is 5.76 Å². The Morgan fingerprint density at radius 3 is 2.87 bits per heavy atom. The van der Waals surface area contributed by atoms with Gasteiger partial charge >= 0.3 is 0 Å². The van der Waals surface area contributed by atoms with Crippen LogP contribution in [0, 0.1) is 6.92 Å². The first-order chi connectivity index (χ1) is 7.20. The number of hydrogen-bond acceptors (Lipinski definition) is 3. The second-order valence-electron chi connectivity index (χ2n) is 3.32. The minimum Gasteiger partial charge on any atom is -0.388 e. The molecule has 0 aliphatic carbocycles. The van der Waals surface area contributed by atoms with Crippen molar-refractivity contribution in [2.45, 2.75) is 13.5 Å². The summed E-state index contributed by atoms with van der Waals surface area (Å²) in [5.74, 6) is 0.471. The fraction of sp³-hybridized carbons (Fsp3) is 0.182. The summed E-state index contributed by atoms with van der Waals surface area (Å²) < 4.78 is 5.91. The molecule has 0 saturated heterocycles. The monoisotopic (exact) mass is 267 g/mol. The Balaban J connectivity index is 2.48. The zero-order chi connectivity index (χ0) is 10.8. The molecule has 0 aliphatic heterocycles. The van der Waals surface area contributed by atoms with Crippen molar-refractivity contribution in [1.29, 1.82) is 0 Å². The van der Waals surface area contributed by atoms with Crippen LogP contribution in [0.25, 0.3) is 11.3 Å². The molecule has 2 rings (SSSR count). The summed E-state index contributed by atoms with van der Waals surface area (Å²) in [7, 11) is 0. The smallest absolute Gasteiger partial charge is 0.162 e. The zero-order valence-electron chi connectivity index (χ0n) is 8.20. The molecular formula is C11H10BrNO2. The molecule has 1 aromatic heterocycles. The Hall–Kier alpha value is -1.13. The first-order valence-corrected chi connectivity index (χ1v) is 5.33. The number of aryl methyl sites for hydroxylation is 1. The third-order valence-electron chi connectivity index (χ3n) is 2.11. The summed E-state index contributed by atoms with van der Waals surface area (Å²) in [5.41, 5.74) is 2.86. The number of halogens is 1. The average Bonchev–Trinajstić information content (AvgIpc) is 2.70. The number of rotatable bonds is 2. The van der Waals surface area contributed by atoms with Crippen molar-refractivity contribution in [1.82, 2.24) is 5.16 Å². The molecule has 3 nitrogen and oxygen atoms in total. The number of aromatic nitrogens is 1. The van der Waals surface area contributed by atoms with Gasteiger partial charge < -0.3 is 9.63 Å². The Morgan fingerprint density at radius 1 is 1.40 bits per heavy atom. The van der Waals surface area contributed by atoms with Crippen LogP contribution in [0.2, 0.25) is 0 Å². The van der Waals surface area contributed by atoms with Gasteiger partial charge in [-0.25, -0.2) is 0 Å². The summed E-state index contributed by atoms with van der Waals surface area (Å²) >= 11 is 3.45. The molecule has 0 atom stereocenters. The van der Waals surface area contributed by atoms with Crippen molar-refractivity contribution in [3.63, 3.8) is 0 Å². The minimum absolute atomic E-state index is 0.129. The van der Waals surface area contributed by atoms with Gasteiger partial charge in [-0.2, -0.15) is 0 Å². The molecule has 0 unspecified atom stereocenters. The first-order valence-electron chi connectivity index (χ1n) is 4.53. The van der Waals surface area contributed by atoms with Crippen LogP contribution in [-0.2, 0) is 6.61 Å². The van der Waals surface area contributed by atoms with Crippen LogP contribution in [0.3, 0.4) is 0 Å². The highest BCUT2D eigenvalue weighted by Crippen LogP contribution is 2.28. The maximum absolute atomic E-state index is 8.88. The molecular weight excluding hydrogens is 258 g/mol. The molecule has 0 radical (unpaired) electrons. The molecule has 78 valence electrons. The molecule has 0 amide bonds. The van der Waals surface area contributed by atoms with Crippen molar-refractivity contribution in [3.05, 3.63) is 40.1 Å². The lowest BCUT2D eigenvalue weighted by Crippen LogP contribution is -1.81. The lowest BCUT2D eigenvalue weighted by Gasteiger charge is -2.00. The first kappa shape index (κ1) is 10.4. The van der Waals surface area contributed by atoms with Crippen molar-refractivity contribution in [2.24, 2.45) is 0 Å². The zero-order valence-corrected chi connectivity index (χ0v) is 9.78. The van der Waals surface area contributed by atoms with Gasteiger partial charge in [-0.15, -0.1) is 0 Å². The van der Waals surface area contributed by atoms with E-state index in [-0.39, 0.29) is 6.61 Å². The largest absolute Gasteiger partial charge is 0.388 e. The Bertz CT molecular complexity index is 479. The number of nitrogens with zero attached hydrogens (tertiary/aromatic N) is 1. The highest BCUT2D eigenvalue weighted by Gasteiger charge is 2.09. The van der Waals surface area contributed by atoms with Gasteiger partial charge in [-0.1, -0.05) is 32.7 Å². The van der Waals surface area contributed by atoms with E-state index in [0.717, 1.165) is 21.3 Å². The summed E-state index contributed by atoms with van der Waals surface area (Å²) in [6.07, 6.45) is 0. The SMILES string of the molecule is Cc1ccc(Br)c(-c2cc(CO)on2)c1. The van der Waals surface area contributed by atoms with Gasteiger partial charge in [0.2, 0.25) is 0 Å². The third-order valence-corrected chi connectivity index (χ3v) is 2.80. The summed E-state index contributed by atoms with van der Waals surface area (Å²) in [4.78, 5) is 0. The minimum atomic E-state index is -0.129. The van der Waals surface area contributed by atoms with Crippen molar-refractivity contribution < 1.29 is 9.63 Å². The van der Waals surface area contributed by atoms with Gasteiger partial charge in [0.25, 0.3) is 0 Å². The molecule has 0 fully saturated rings. The predicted octanol–water partition coefficient (Wildman–Crippen LogP) is 2.90. The molecule has 0 aliphatic rings. The lowest BCUT2D eigenvalue weighted by atomic mass is 10.1. The van der Waals surface area contributed by atoms with E-state index in [4.69, 9.17) is 9.63 Å². The summed E-state index contributed by atoms with van der Waals surface area (Å²) in [5, 5.41) is 12.8. The topological polar surface area (TPSA) is 46.3 Å². The highest BCUT2D eigenvalue weighted by atomic mass is 79.9. The molecule has 0 spiro atoms. The molecule has 15 heavy (non-hydrogen) atoms. The van der Waals surface area contributed by atoms with E-state index in [1.807, 2.05) is 25.1 Å². The Kier molecular flexibility index (Phi) is 2.88. The Morgan fingerprint density at radius 2 is 2.20 bits per heavy atom. The predicted molar refractivity (Wildman–Crippen MR) is 60.3 cm³/mol. The van der Waals surface area contributed by atoms with Crippen LogP contribution < -0.4 is 0 Å². The lowest BCUT2D eigenvalue weighted by molar-refractivity contribution is 0.229. The highest BCUT2D eigenvalue weighted by molar-refractivity contribution is 9.10.